The lowest BCUT2D eigenvalue weighted by molar-refractivity contribution is -0.404. The van der Waals surface area contributed by atoms with Crippen molar-refractivity contribution in [3.05, 3.63) is 72.8 Å². The molecule has 0 amide bonds. The first-order valence-electron chi connectivity index (χ1n) is 8.95. The third-order valence-electron chi connectivity index (χ3n) is 4.47. The molecule has 0 unspecified atom stereocenters. The van der Waals surface area contributed by atoms with E-state index in [1.807, 2.05) is 72.8 Å². The summed E-state index contributed by atoms with van der Waals surface area (Å²) in [5.41, 5.74) is 1.55. The van der Waals surface area contributed by atoms with Crippen LogP contribution in [0.4, 0.5) is 0 Å². The second kappa shape index (κ2) is 10.0. The lowest BCUT2D eigenvalue weighted by Gasteiger charge is -2.17. The maximum atomic E-state index is 5.49. The summed E-state index contributed by atoms with van der Waals surface area (Å²) in [5.74, 6) is 0.935. The van der Waals surface area contributed by atoms with Crippen molar-refractivity contribution in [2.75, 3.05) is 12.5 Å². The Morgan fingerprint density at radius 2 is 0.967 bits per heavy atom. The van der Waals surface area contributed by atoms with Crippen LogP contribution in [0.15, 0.2) is 72.8 Å². The highest BCUT2D eigenvalue weighted by Gasteiger charge is 2.20. The third kappa shape index (κ3) is 4.34. The molecule has 6 nitrogen and oxygen atoms in total. The molecule has 4 aromatic rings. The molecule has 0 atom stereocenters. The van der Waals surface area contributed by atoms with Crippen molar-refractivity contribution in [1.82, 2.24) is 0 Å². The predicted molar refractivity (Wildman–Crippen MR) is 120 cm³/mol. The second-order valence-corrected chi connectivity index (χ2v) is 7.03. The van der Waals surface area contributed by atoms with Crippen molar-refractivity contribution >= 4 is 45.6 Å². The summed E-state index contributed by atoms with van der Waals surface area (Å²) >= 11 is 2.07. The van der Waals surface area contributed by atoms with Crippen LogP contribution in [0.3, 0.4) is 0 Å². The Hall–Kier alpha value is -2.46. The van der Waals surface area contributed by atoms with Gasteiger partial charge in [0.15, 0.2) is 11.5 Å². The van der Waals surface area contributed by atoms with Gasteiger partial charge >= 0.3 is 0 Å². The van der Waals surface area contributed by atoms with Gasteiger partial charge < -0.3 is 9.78 Å². The Balaban J connectivity index is 1.97. The third-order valence-corrected chi connectivity index (χ3v) is 4.85. The van der Waals surface area contributed by atoms with Crippen LogP contribution in [-0.4, -0.2) is 12.5 Å². The van der Waals surface area contributed by atoms with Gasteiger partial charge in [0, 0.05) is 47.7 Å². The van der Waals surface area contributed by atoms with Gasteiger partial charge in [0.2, 0.25) is 0 Å². The van der Waals surface area contributed by atoms with Crippen LogP contribution in [0.5, 0.6) is 11.5 Å². The minimum Gasteiger partial charge on any atom is -0.307 e. The van der Waals surface area contributed by atoms with Crippen molar-refractivity contribution in [2.45, 2.75) is 0 Å². The van der Waals surface area contributed by atoms with Crippen molar-refractivity contribution in [1.29, 1.82) is 0 Å². The van der Waals surface area contributed by atoms with Gasteiger partial charge in [0.1, 0.15) is 0 Å². The van der Waals surface area contributed by atoms with E-state index in [1.54, 1.807) is 12.5 Å². The monoisotopic (exact) mass is 442 g/mol. The predicted octanol–water partition coefficient (Wildman–Crippen LogP) is 6.70. The maximum absolute atomic E-state index is 5.49. The normalized spacial score (nSPS) is 11.1. The lowest BCUT2D eigenvalue weighted by Crippen LogP contribution is -2.00. The molecule has 0 N–H and O–H groups in total. The van der Waals surface area contributed by atoms with Gasteiger partial charge in [0.05, 0.1) is 0 Å². The molecular formula is C22H18O6S2. The summed E-state index contributed by atoms with van der Waals surface area (Å²) in [5, 5.41) is 13.8. The van der Waals surface area contributed by atoms with Gasteiger partial charge in [0.25, 0.3) is 0 Å². The van der Waals surface area contributed by atoms with E-state index < -0.39 is 0 Å². The standard InChI is InChI=1S/C22H18O6S2/c1-29-27-25-23-19-13-11-15-7-3-5-9-17(15)21(19)22-18-10-6-4-8-16(18)12-14-20(22)24-26-28-30-2/h3-14H,1-2H3. The number of hydrogen-bond donors (Lipinski definition) is 0. The minimum absolute atomic E-state index is 0.467. The first kappa shape index (κ1) is 20.8. The Morgan fingerprint density at radius 1 is 0.533 bits per heavy atom. The molecule has 4 rings (SSSR count). The van der Waals surface area contributed by atoms with Crippen molar-refractivity contribution in [3.8, 4) is 22.6 Å². The van der Waals surface area contributed by atoms with Crippen LogP contribution in [0.25, 0.3) is 32.7 Å². The number of rotatable bonds is 9. The first-order valence-corrected chi connectivity index (χ1v) is 11.3. The van der Waals surface area contributed by atoms with Gasteiger partial charge in [-0.15, -0.1) is 8.67 Å². The fourth-order valence-corrected chi connectivity index (χ4v) is 3.48. The SMILES string of the molecule is CSOOOc1ccc2ccccc2c1-c1c(OOOSC)ccc2ccccc12. The highest BCUT2D eigenvalue weighted by molar-refractivity contribution is 7.94. The van der Waals surface area contributed by atoms with E-state index in [2.05, 4.69) is 0 Å². The fraction of sp³-hybridized carbons (Fsp3) is 0.0909. The summed E-state index contributed by atoms with van der Waals surface area (Å²) in [6, 6.07) is 23.5. The van der Waals surface area contributed by atoms with Crippen LogP contribution in [0.2, 0.25) is 0 Å². The van der Waals surface area contributed by atoms with Crippen molar-refractivity contribution in [3.63, 3.8) is 0 Å². The molecule has 0 fully saturated rings. The Bertz CT molecular complexity index is 1060. The molecule has 8 heteroatoms. The van der Waals surface area contributed by atoms with Crippen LogP contribution >= 0.6 is 24.1 Å². The molecule has 0 bridgehead atoms. The molecule has 0 aliphatic rings. The molecule has 30 heavy (non-hydrogen) atoms. The molecule has 154 valence electrons. The molecule has 4 aromatic carbocycles. The van der Waals surface area contributed by atoms with Crippen LogP contribution in [0, 0.1) is 0 Å². The minimum atomic E-state index is 0.467. The summed E-state index contributed by atoms with van der Waals surface area (Å²) in [7, 11) is 0. The van der Waals surface area contributed by atoms with E-state index in [9.17, 15) is 0 Å². The van der Waals surface area contributed by atoms with E-state index in [0.29, 0.717) is 11.5 Å². The quantitative estimate of drug-likeness (QED) is 0.123. The average molecular weight is 443 g/mol. The molecule has 0 heterocycles. The van der Waals surface area contributed by atoms with Gasteiger partial charge in [-0.05, 0) is 43.8 Å². The highest BCUT2D eigenvalue weighted by Crippen LogP contribution is 2.45. The smallest absolute Gasteiger partial charge is 0.177 e. The Labute approximate surface area is 182 Å². The zero-order chi connectivity index (χ0) is 20.8. The topological polar surface area (TPSA) is 55.4 Å². The van der Waals surface area contributed by atoms with Crippen LogP contribution < -0.4 is 9.78 Å². The Morgan fingerprint density at radius 3 is 1.40 bits per heavy atom. The number of fused-ring (bicyclic) bond motifs is 2. The second-order valence-electron chi connectivity index (χ2n) is 6.09. The highest BCUT2D eigenvalue weighted by atomic mass is 32.2. The summed E-state index contributed by atoms with van der Waals surface area (Å²) in [6.45, 7) is 0. The van der Waals surface area contributed by atoms with Gasteiger partial charge in [-0.3, -0.25) is 0 Å². The molecule has 0 radical (unpaired) electrons. The maximum Gasteiger partial charge on any atom is 0.177 e. The Kier molecular flexibility index (Phi) is 6.96. The zero-order valence-corrected chi connectivity index (χ0v) is 17.8. The van der Waals surface area contributed by atoms with E-state index >= 15 is 0 Å². The largest absolute Gasteiger partial charge is 0.307 e. The van der Waals surface area contributed by atoms with Gasteiger partial charge in [-0.25, -0.2) is 0 Å². The lowest BCUT2D eigenvalue weighted by atomic mass is 9.92. The first-order chi connectivity index (χ1) is 14.8. The van der Waals surface area contributed by atoms with Crippen LogP contribution in [0.1, 0.15) is 0 Å². The number of hydrogen-bond acceptors (Lipinski definition) is 8. The van der Waals surface area contributed by atoms with E-state index in [-0.39, 0.29) is 0 Å². The molecular weight excluding hydrogens is 424 g/mol. The molecule has 0 saturated heterocycles. The van der Waals surface area contributed by atoms with Gasteiger partial charge in [-0.2, -0.15) is 0 Å². The fourth-order valence-electron chi connectivity index (χ4n) is 3.31. The molecule has 0 aliphatic heterocycles. The van der Waals surface area contributed by atoms with E-state index in [0.717, 1.165) is 56.8 Å². The van der Waals surface area contributed by atoms with Crippen molar-refractivity contribution in [2.24, 2.45) is 0 Å². The zero-order valence-electron chi connectivity index (χ0n) is 16.2. The van der Waals surface area contributed by atoms with E-state index in [1.165, 1.54) is 0 Å². The van der Waals surface area contributed by atoms with E-state index in [4.69, 9.17) is 28.5 Å². The summed E-state index contributed by atoms with van der Waals surface area (Å²) < 4.78 is 9.71. The summed E-state index contributed by atoms with van der Waals surface area (Å²) in [4.78, 5) is 11.0. The molecule has 0 saturated carbocycles. The number of benzene rings is 4. The average Bonchev–Trinajstić information content (AvgIpc) is 2.79. The molecule has 0 aliphatic carbocycles. The molecule has 0 spiro atoms. The molecule has 0 aromatic heterocycles. The summed E-state index contributed by atoms with van der Waals surface area (Å²) in [6.07, 6.45) is 3.45. The van der Waals surface area contributed by atoms with Gasteiger partial charge in [-0.1, -0.05) is 60.7 Å². The van der Waals surface area contributed by atoms with Crippen LogP contribution in [-0.2, 0) is 18.7 Å². The van der Waals surface area contributed by atoms with Crippen molar-refractivity contribution < 1.29 is 28.5 Å².